The summed E-state index contributed by atoms with van der Waals surface area (Å²) in [4.78, 5) is 24.3. The van der Waals surface area contributed by atoms with Crippen molar-refractivity contribution in [2.24, 2.45) is 17.8 Å². The largest absolute Gasteiger partial charge is 0.493 e. The van der Waals surface area contributed by atoms with Crippen LogP contribution in [-0.2, 0) is 4.79 Å². The molecule has 2 bridgehead atoms. The van der Waals surface area contributed by atoms with Gasteiger partial charge in [0, 0.05) is 12.0 Å². The minimum Gasteiger partial charge on any atom is -0.493 e. The molecule has 2 N–H and O–H groups in total. The molecule has 6 nitrogen and oxygen atoms in total. The SMILES string of the molecule is CCOc1ccc(C(=O)NNC(=O)C[C@H]2C[C@@H]3CC[C@@H]2C3)cc1OC. The van der Waals surface area contributed by atoms with E-state index >= 15 is 0 Å². The minimum absolute atomic E-state index is 0.121. The first kappa shape index (κ1) is 17.6. The third kappa shape index (κ3) is 4.06. The molecule has 0 heterocycles. The molecule has 3 rings (SSSR count). The van der Waals surface area contributed by atoms with Crippen molar-refractivity contribution in [1.82, 2.24) is 10.9 Å². The molecule has 0 aliphatic heterocycles. The first-order valence-electron chi connectivity index (χ1n) is 9.00. The number of fused-ring (bicyclic) bond motifs is 2. The fourth-order valence-electron chi connectivity index (χ4n) is 4.20. The average molecular weight is 346 g/mol. The summed E-state index contributed by atoms with van der Waals surface area (Å²) in [6.45, 7) is 2.40. The number of rotatable bonds is 6. The fraction of sp³-hybridized carbons (Fsp3) is 0.579. The third-order valence-corrected chi connectivity index (χ3v) is 5.37. The zero-order valence-electron chi connectivity index (χ0n) is 14.8. The van der Waals surface area contributed by atoms with Gasteiger partial charge in [-0.3, -0.25) is 20.4 Å². The van der Waals surface area contributed by atoms with E-state index in [0.29, 0.717) is 41.9 Å². The molecule has 0 radical (unpaired) electrons. The number of benzene rings is 1. The molecule has 0 unspecified atom stereocenters. The third-order valence-electron chi connectivity index (χ3n) is 5.37. The lowest BCUT2D eigenvalue weighted by molar-refractivity contribution is -0.123. The van der Waals surface area contributed by atoms with Crippen molar-refractivity contribution in [1.29, 1.82) is 0 Å². The normalized spacial score (nSPS) is 24.0. The van der Waals surface area contributed by atoms with Crippen LogP contribution in [0.25, 0.3) is 0 Å². The molecule has 2 fully saturated rings. The molecule has 136 valence electrons. The van der Waals surface area contributed by atoms with Crippen LogP contribution in [-0.4, -0.2) is 25.5 Å². The molecule has 1 aromatic carbocycles. The maximum absolute atomic E-state index is 12.2. The van der Waals surface area contributed by atoms with Crippen molar-refractivity contribution in [2.75, 3.05) is 13.7 Å². The fourth-order valence-corrected chi connectivity index (χ4v) is 4.20. The van der Waals surface area contributed by atoms with Crippen molar-refractivity contribution < 1.29 is 19.1 Å². The molecule has 0 saturated heterocycles. The van der Waals surface area contributed by atoms with Crippen molar-refractivity contribution in [3.8, 4) is 11.5 Å². The number of methoxy groups -OCH3 is 1. The van der Waals surface area contributed by atoms with Gasteiger partial charge in [-0.2, -0.15) is 0 Å². The van der Waals surface area contributed by atoms with Gasteiger partial charge >= 0.3 is 0 Å². The van der Waals surface area contributed by atoms with Crippen LogP contribution in [0.2, 0.25) is 0 Å². The molecular formula is C19H26N2O4. The van der Waals surface area contributed by atoms with Crippen LogP contribution >= 0.6 is 0 Å². The molecule has 0 spiro atoms. The Bertz CT molecular complexity index is 646. The van der Waals surface area contributed by atoms with Crippen molar-refractivity contribution in [3.05, 3.63) is 23.8 Å². The summed E-state index contributed by atoms with van der Waals surface area (Å²) in [5.41, 5.74) is 5.42. The van der Waals surface area contributed by atoms with Crippen molar-refractivity contribution in [2.45, 2.75) is 39.0 Å². The zero-order valence-corrected chi connectivity index (χ0v) is 14.8. The van der Waals surface area contributed by atoms with Gasteiger partial charge in [-0.25, -0.2) is 0 Å². The summed E-state index contributed by atoms with van der Waals surface area (Å²) in [5, 5.41) is 0. The van der Waals surface area contributed by atoms with Gasteiger partial charge in [-0.05, 0) is 62.1 Å². The molecule has 25 heavy (non-hydrogen) atoms. The topological polar surface area (TPSA) is 76.7 Å². The molecule has 3 atom stereocenters. The van der Waals surface area contributed by atoms with Crippen molar-refractivity contribution in [3.63, 3.8) is 0 Å². The summed E-state index contributed by atoms with van der Waals surface area (Å²) in [7, 11) is 1.52. The number of hydrogen-bond donors (Lipinski definition) is 2. The lowest BCUT2D eigenvalue weighted by Crippen LogP contribution is -2.42. The van der Waals surface area contributed by atoms with E-state index in [1.807, 2.05) is 6.92 Å². The quantitative estimate of drug-likeness (QED) is 0.777. The van der Waals surface area contributed by atoms with E-state index in [2.05, 4.69) is 10.9 Å². The van der Waals surface area contributed by atoms with Crippen molar-refractivity contribution >= 4 is 11.8 Å². The van der Waals surface area contributed by atoms with E-state index in [1.54, 1.807) is 18.2 Å². The Labute approximate surface area is 148 Å². The van der Waals surface area contributed by atoms with Crippen LogP contribution in [0.5, 0.6) is 11.5 Å². The zero-order chi connectivity index (χ0) is 17.8. The highest BCUT2D eigenvalue weighted by Crippen LogP contribution is 2.49. The lowest BCUT2D eigenvalue weighted by Gasteiger charge is -2.21. The number of carbonyl (C=O) groups is 2. The number of ether oxygens (including phenoxy) is 2. The second-order valence-electron chi connectivity index (χ2n) is 6.94. The van der Waals surface area contributed by atoms with Gasteiger partial charge < -0.3 is 9.47 Å². The predicted octanol–water partition coefficient (Wildman–Crippen LogP) is 2.68. The summed E-state index contributed by atoms with van der Waals surface area (Å²) in [6, 6.07) is 4.93. The lowest BCUT2D eigenvalue weighted by atomic mass is 9.86. The highest BCUT2D eigenvalue weighted by molar-refractivity contribution is 5.96. The molecule has 1 aromatic rings. The molecule has 2 saturated carbocycles. The molecular weight excluding hydrogens is 320 g/mol. The number of amides is 2. The predicted molar refractivity (Wildman–Crippen MR) is 93.3 cm³/mol. The van der Waals surface area contributed by atoms with E-state index in [1.165, 1.54) is 26.4 Å². The van der Waals surface area contributed by atoms with E-state index in [-0.39, 0.29) is 11.8 Å². The van der Waals surface area contributed by atoms with Crippen LogP contribution in [0.1, 0.15) is 49.4 Å². The first-order valence-corrected chi connectivity index (χ1v) is 9.00. The summed E-state index contributed by atoms with van der Waals surface area (Å²) in [5.74, 6) is 2.56. The Morgan fingerprint density at radius 2 is 2.00 bits per heavy atom. The van der Waals surface area contributed by atoms with Crippen LogP contribution in [0, 0.1) is 17.8 Å². The van der Waals surface area contributed by atoms with E-state index in [9.17, 15) is 9.59 Å². The van der Waals surface area contributed by atoms with Gasteiger partial charge in [0.2, 0.25) is 5.91 Å². The highest BCUT2D eigenvalue weighted by Gasteiger charge is 2.40. The van der Waals surface area contributed by atoms with Crippen LogP contribution in [0.4, 0.5) is 0 Å². The second-order valence-corrected chi connectivity index (χ2v) is 6.94. The summed E-state index contributed by atoms with van der Waals surface area (Å²) < 4.78 is 10.7. The highest BCUT2D eigenvalue weighted by atomic mass is 16.5. The molecule has 2 aliphatic rings. The number of hydrazine groups is 1. The van der Waals surface area contributed by atoms with Gasteiger partial charge in [-0.15, -0.1) is 0 Å². The second kappa shape index (κ2) is 7.76. The summed E-state index contributed by atoms with van der Waals surface area (Å²) >= 11 is 0. The first-order chi connectivity index (χ1) is 12.1. The Morgan fingerprint density at radius 1 is 1.16 bits per heavy atom. The average Bonchev–Trinajstić information content (AvgIpc) is 3.23. The number of nitrogens with one attached hydrogen (secondary N) is 2. The molecule has 0 aromatic heterocycles. The van der Waals surface area contributed by atoms with Crippen LogP contribution in [0.3, 0.4) is 0 Å². The van der Waals surface area contributed by atoms with Gasteiger partial charge in [0.25, 0.3) is 5.91 Å². The molecule has 6 heteroatoms. The Morgan fingerprint density at radius 3 is 2.64 bits per heavy atom. The Balaban J connectivity index is 1.51. The van der Waals surface area contributed by atoms with Crippen LogP contribution in [0.15, 0.2) is 18.2 Å². The smallest absolute Gasteiger partial charge is 0.269 e. The summed E-state index contributed by atoms with van der Waals surface area (Å²) in [6.07, 6.45) is 5.49. The van der Waals surface area contributed by atoms with E-state index < -0.39 is 0 Å². The standard InChI is InChI=1S/C19H26N2O4/c1-3-25-16-7-6-14(10-17(16)24-2)19(23)21-20-18(22)11-15-9-12-4-5-13(15)8-12/h6-7,10,12-13,15H,3-5,8-9,11H2,1-2H3,(H,20,22)(H,21,23)/t12-,13-,15-/m1/s1. The number of carbonyl (C=O) groups excluding carboxylic acids is 2. The monoisotopic (exact) mass is 346 g/mol. The maximum Gasteiger partial charge on any atom is 0.269 e. The van der Waals surface area contributed by atoms with Gasteiger partial charge in [0.15, 0.2) is 11.5 Å². The van der Waals surface area contributed by atoms with Gasteiger partial charge in [0.05, 0.1) is 13.7 Å². The maximum atomic E-state index is 12.2. The van der Waals surface area contributed by atoms with Gasteiger partial charge in [0.1, 0.15) is 0 Å². The molecule has 2 amide bonds. The van der Waals surface area contributed by atoms with Gasteiger partial charge in [-0.1, -0.05) is 6.42 Å². The van der Waals surface area contributed by atoms with Crippen LogP contribution < -0.4 is 20.3 Å². The number of hydrogen-bond acceptors (Lipinski definition) is 4. The van der Waals surface area contributed by atoms with E-state index in [0.717, 1.165) is 12.3 Å². The van der Waals surface area contributed by atoms with E-state index in [4.69, 9.17) is 9.47 Å². The minimum atomic E-state index is -0.373. The Kier molecular flexibility index (Phi) is 5.46. The Hall–Kier alpha value is -2.24. The molecule has 2 aliphatic carbocycles.